The molecule has 20 heavy (non-hydrogen) atoms. The maximum Gasteiger partial charge on any atom is 0.514 e. The van der Waals surface area contributed by atoms with Gasteiger partial charge in [0.25, 0.3) is 0 Å². The Morgan fingerprint density at radius 2 is 1.75 bits per heavy atom. The smallest absolute Gasteiger partial charge is 0.398 e. The lowest BCUT2D eigenvalue weighted by atomic mass is 9.71. The minimum Gasteiger partial charge on any atom is -0.398 e. The predicted molar refractivity (Wildman–Crippen MR) is 81.3 cm³/mol. The van der Waals surface area contributed by atoms with Crippen LogP contribution in [0.3, 0.4) is 0 Å². The number of rotatable bonds is 2. The third-order valence-electron chi connectivity index (χ3n) is 5.11. The highest BCUT2D eigenvalue weighted by atomic mass is 16.7. The molecule has 3 nitrogen and oxygen atoms in total. The molecule has 2 heterocycles. The highest BCUT2D eigenvalue weighted by molar-refractivity contribution is 6.61. The normalized spacial score (nSPS) is 24.8. The Kier molecular flexibility index (Phi) is 3.22. The molecule has 108 valence electrons. The summed E-state index contributed by atoms with van der Waals surface area (Å²) in [6, 6.07) is 2.26. The lowest BCUT2D eigenvalue weighted by Gasteiger charge is -2.32. The highest BCUT2D eigenvalue weighted by Gasteiger charge is 2.53. The molecule has 1 saturated heterocycles. The molecule has 0 bridgehead atoms. The lowest BCUT2D eigenvalue weighted by molar-refractivity contribution is 0.00578. The van der Waals surface area contributed by atoms with E-state index in [9.17, 15) is 0 Å². The Morgan fingerprint density at radius 3 is 2.25 bits per heavy atom. The fourth-order valence-corrected chi connectivity index (χ4v) is 2.80. The Morgan fingerprint density at radius 1 is 1.15 bits per heavy atom. The molecule has 1 aromatic rings. The SMILES string of the molecule is Cc1cnc(B2OC(C)(C)C(C)(C)O2)c(C2CCC2)c1. The van der Waals surface area contributed by atoms with Crippen LogP contribution in [-0.2, 0) is 9.31 Å². The van der Waals surface area contributed by atoms with Crippen molar-refractivity contribution in [2.45, 2.75) is 71.0 Å². The highest BCUT2D eigenvalue weighted by Crippen LogP contribution is 2.39. The van der Waals surface area contributed by atoms with Gasteiger partial charge >= 0.3 is 7.12 Å². The van der Waals surface area contributed by atoms with Crippen molar-refractivity contribution in [1.29, 1.82) is 0 Å². The third-order valence-corrected chi connectivity index (χ3v) is 5.11. The Bertz CT molecular complexity index is 507. The summed E-state index contributed by atoms with van der Waals surface area (Å²) in [7, 11) is -0.337. The van der Waals surface area contributed by atoms with Crippen molar-refractivity contribution in [3.63, 3.8) is 0 Å². The molecule has 4 heteroatoms. The first-order valence-electron chi connectivity index (χ1n) is 7.62. The summed E-state index contributed by atoms with van der Waals surface area (Å²) in [5.74, 6) is 0.636. The van der Waals surface area contributed by atoms with Crippen LogP contribution < -0.4 is 5.59 Å². The molecular formula is C16H24BNO2. The van der Waals surface area contributed by atoms with Gasteiger partial charge in [-0.05, 0) is 64.5 Å². The summed E-state index contributed by atoms with van der Waals surface area (Å²) >= 11 is 0. The minimum atomic E-state index is -0.337. The molecule has 0 amide bonds. The summed E-state index contributed by atoms with van der Waals surface area (Å²) in [5.41, 5.74) is 2.92. The van der Waals surface area contributed by atoms with Gasteiger partial charge in [-0.3, -0.25) is 4.98 Å². The zero-order valence-corrected chi connectivity index (χ0v) is 13.2. The number of pyridine rings is 1. The molecule has 2 fully saturated rings. The molecule has 2 aliphatic rings. The standard InChI is InChI=1S/C16H24BNO2/c1-11-9-13(12-7-6-8-12)14(18-10-11)17-19-15(2,3)16(4,5)20-17/h9-10,12H,6-8H2,1-5H3. The number of hydrogen-bond donors (Lipinski definition) is 0. The van der Waals surface area contributed by atoms with E-state index < -0.39 is 0 Å². The van der Waals surface area contributed by atoms with Crippen molar-refractivity contribution in [3.05, 3.63) is 23.4 Å². The van der Waals surface area contributed by atoms with Crippen molar-refractivity contribution >= 4 is 12.7 Å². The molecule has 0 radical (unpaired) electrons. The van der Waals surface area contributed by atoms with Crippen LogP contribution in [0.5, 0.6) is 0 Å². The number of nitrogens with zero attached hydrogens (tertiary/aromatic N) is 1. The number of aryl methyl sites for hydroxylation is 1. The summed E-state index contributed by atoms with van der Waals surface area (Å²) in [4.78, 5) is 4.64. The van der Waals surface area contributed by atoms with Crippen LogP contribution in [0.2, 0.25) is 0 Å². The second-order valence-corrected chi connectivity index (χ2v) is 7.20. The molecule has 1 aliphatic heterocycles. The van der Waals surface area contributed by atoms with Crippen LogP contribution in [0.4, 0.5) is 0 Å². The van der Waals surface area contributed by atoms with E-state index in [0.29, 0.717) is 5.92 Å². The molecule has 0 N–H and O–H groups in total. The third kappa shape index (κ3) is 2.19. The van der Waals surface area contributed by atoms with E-state index in [4.69, 9.17) is 9.31 Å². The minimum absolute atomic E-state index is 0.304. The fourth-order valence-electron chi connectivity index (χ4n) is 2.80. The van der Waals surface area contributed by atoms with E-state index in [1.807, 2.05) is 6.20 Å². The maximum absolute atomic E-state index is 6.16. The topological polar surface area (TPSA) is 31.4 Å². The van der Waals surface area contributed by atoms with Gasteiger partial charge in [-0.1, -0.05) is 12.5 Å². The van der Waals surface area contributed by atoms with Crippen molar-refractivity contribution in [1.82, 2.24) is 4.98 Å². The van der Waals surface area contributed by atoms with E-state index >= 15 is 0 Å². The quantitative estimate of drug-likeness (QED) is 0.776. The number of hydrogen-bond acceptors (Lipinski definition) is 3. The van der Waals surface area contributed by atoms with Gasteiger partial charge in [0.05, 0.1) is 16.8 Å². The zero-order valence-electron chi connectivity index (χ0n) is 13.2. The van der Waals surface area contributed by atoms with Crippen LogP contribution in [0.25, 0.3) is 0 Å². The zero-order chi connectivity index (χ0) is 14.5. The van der Waals surface area contributed by atoms with Gasteiger partial charge < -0.3 is 9.31 Å². The first-order valence-corrected chi connectivity index (χ1v) is 7.62. The molecule has 1 saturated carbocycles. The van der Waals surface area contributed by atoms with E-state index in [1.54, 1.807) is 0 Å². The molecule has 1 aromatic heterocycles. The van der Waals surface area contributed by atoms with E-state index in [-0.39, 0.29) is 18.3 Å². The predicted octanol–water partition coefficient (Wildman–Crippen LogP) is 2.96. The van der Waals surface area contributed by atoms with Gasteiger partial charge in [-0.15, -0.1) is 0 Å². The van der Waals surface area contributed by atoms with Crippen LogP contribution in [0, 0.1) is 6.92 Å². The molecule has 3 rings (SSSR count). The average molecular weight is 273 g/mol. The van der Waals surface area contributed by atoms with Gasteiger partial charge in [-0.2, -0.15) is 0 Å². The average Bonchev–Trinajstić information content (AvgIpc) is 2.45. The summed E-state index contributed by atoms with van der Waals surface area (Å²) in [6.45, 7) is 10.5. The molecule has 0 aromatic carbocycles. The summed E-state index contributed by atoms with van der Waals surface area (Å²) in [5, 5.41) is 0. The summed E-state index contributed by atoms with van der Waals surface area (Å²) in [6.07, 6.45) is 5.76. The van der Waals surface area contributed by atoms with Crippen LogP contribution >= 0.6 is 0 Å². The Labute approximate surface area is 122 Å². The van der Waals surface area contributed by atoms with Crippen LogP contribution in [0.1, 0.15) is 64.0 Å². The van der Waals surface area contributed by atoms with Crippen molar-refractivity contribution < 1.29 is 9.31 Å². The van der Waals surface area contributed by atoms with Gasteiger partial charge in [0, 0.05) is 6.20 Å². The van der Waals surface area contributed by atoms with E-state index in [1.165, 1.54) is 30.4 Å². The molecule has 0 atom stereocenters. The van der Waals surface area contributed by atoms with Gasteiger partial charge in [0.1, 0.15) is 0 Å². The first-order chi connectivity index (χ1) is 9.30. The van der Waals surface area contributed by atoms with Crippen LogP contribution in [-0.4, -0.2) is 23.3 Å². The first kappa shape index (κ1) is 14.1. The molecule has 0 unspecified atom stereocenters. The van der Waals surface area contributed by atoms with Gasteiger partial charge in [0.15, 0.2) is 0 Å². The largest absolute Gasteiger partial charge is 0.514 e. The Hall–Kier alpha value is -0.865. The lowest BCUT2D eigenvalue weighted by Crippen LogP contribution is -2.41. The van der Waals surface area contributed by atoms with Gasteiger partial charge in [-0.25, -0.2) is 0 Å². The Balaban J connectivity index is 1.95. The van der Waals surface area contributed by atoms with Gasteiger partial charge in [0.2, 0.25) is 0 Å². The molecule has 1 aliphatic carbocycles. The maximum atomic E-state index is 6.16. The monoisotopic (exact) mass is 273 g/mol. The van der Waals surface area contributed by atoms with E-state index in [0.717, 1.165) is 5.59 Å². The second kappa shape index (κ2) is 4.57. The number of aromatic nitrogens is 1. The van der Waals surface area contributed by atoms with Crippen molar-refractivity contribution in [3.8, 4) is 0 Å². The molecular weight excluding hydrogens is 249 g/mol. The molecule has 0 spiro atoms. The fraction of sp³-hybridized carbons (Fsp3) is 0.688. The summed E-state index contributed by atoms with van der Waals surface area (Å²) < 4.78 is 12.3. The van der Waals surface area contributed by atoms with Crippen molar-refractivity contribution in [2.24, 2.45) is 0 Å². The van der Waals surface area contributed by atoms with Crippen LogP contribution in [0.15, 0.2) is 12.3 Å². The second-order valence-electron chi connectivity index (χ2n) is 7.20. The van der Waals surface area contributed by atoms with E-state index in [2.05, 4.69) is 45.7 Å². The van der Waals surface area contributed by atoms with Crippen molar-refractivity contribution in [2.75, 3.05) is 0 Å².